The van der Waals surface area contributed by atoms with Gasteiger partial charge in [-0.15, -0.1) is 0 Å². The SMILES string of the molecule is CC(C)c1cc2[nH]c3c(c(=O)c2c(=O)n1-c1ccccc1)CCCC3. The van der Waals surface area contributed by atoms with Crippen molar-refractivity contribution in [3.05, 3.63) is 73.9 Å². The highest BCUT2D eigenvalue weighted by Gasteiger charge is 2.21. The average molecular weight is 334 g/mol. The molecule has 0 bridgehead atoms. The van der Waals surface area contributed by atoms with Crippen LogP contribution in [-0.2, 0) is 12.8 Å². The van der Waals surface area contributed by atoms with Crippen molar-refractivity contribution in [2.45, 2.75) is 45.4 Å². The number of aryl methyl sites for hydroxylation is 1. The van der Waals surface area contributed by atoms with E-state index >= 15 is 0 Å². The predicted molar refractivity (Wildman–Crippen MR) is 101 cm³/mol. The third-order valence-electron chi connectivity index (χ3n) is 5.10. The van der Waals surface area contributed by atoms with Crippen LogP contribution < -0.4 is 11.0 Å². The standard InChI is InChI=1S/C21H22N2O2/c1-13(2)18-12-17-19(20(24)15-10-6-7-11-16(15)22-17)21(25)23(18)14-8-4-3-5-9-14/h3-5,8-9,12-13H,6-7,10-11H2,1-2H3,(H,22,24). The Bertz CT molecular complexity index is 1060. The third kappa shape index (κ3) is 2.53. The minimum absolute atomic E-state index is 0.0894. The second kappa shape index (κ2) is 6.03. The first-order valence-electron chi connectivity index (χ1n) is 8.97. The fourth-order valence-electron chi connectivity index (χ4n) is 3.82. The number of fused-ring (bicyclic) bond motifs is 2. The van der Waals surface area contributed by atoms with E-state index in [1.165, 1.54) is 0 Å². The molecule has 0 unspecified atom stereocenters. The molecule has 1 aliphatic rings. The molecule has 1 aliphatic carbocycles. The number of pyridine rings is 2. The van der Waals surface area contributed by atoms with Crippen molar-refractivity contribution < 1.29 is 0 Å². The zero-order chi connectivity index (χ0) is 17.6. The predicted octanol–water partition coefficient (Wildman–Crippen LogP) is 3.68. The van der Waals surface area contributed by atoms with Crippen LogP contribution in [0.1, 0.15) is 49.6 Å². The van der Waals surface area contributed by atoms with Crippen LogP contribution in [0.3, 0.4) is 0 Å². The summed E-state index contributed by atoms with van der Waals surface area (Å²) >= 11 is 0. The molecule has 2 aromatic heterocycles. The summed E-state index contributed by atoms with van der Waals surface area (Å²) < 4.78 is 1.69. The van der Waals surface area contributed by atoms with Crippen molar-refractivity contribution in [3.63, 3.8) is 0 Å². The Morgan fingerprint density at radius 1 is 1.04 bits per heavy atom. The minimum Gasteiger partial charge on any atom is -0.358 e. The number of hydrogen-bond donors (Lipinski definition) is 1. The fraction of sp³-hybridized carbons (Fsp3) is 0.333. The highest BCUT2D eigenvalue weighted by atomic mass is 16.1. The highest BCUT2D eigenvalue weighted by molar-refractivity contribution is 5.79. The van der Waals surface area contributed by atoms with E-state index in [2.05, 4.69) is 18.8 Å². The monoisotopic (exact) mass is 334 g/mol. The summed E-state index contributed by atoms with van der Waals surface area (Å²) in [7, 11) is 0. The number of aromatic nitrogens is 2. The summed E-state index contributed by atoms with van der Waals surface area (Å²) in [4.78, 5) is 29.7. The molecule has 4 rings (SSSR count). The van der Waals surface area contributed by atoms with Gasteiger partial charge in [-0.25, -0.2) is 0 Å². The molecule has 4 nitrogen and oxygen atoms in total. The molecule has 0 amide bonds. The molecule has 0 saturated heterocycles. The van der Waals surface area contributed by atoms with Gasteiger partial charge in [0.15, 0.2) is 5.43 Å². The summed E-state index contributed by atoms with van der Waals surface area (Å²) in [5.41, 5.74) is 3.88. The van der Waals surface area contributed by atoms with Gasteiger partial charge in [0, 0.05) is 22.6 Å². The zero-order valence-electron chi connectivity index (χ0n) is 14.6. The first-order chi connectivity index (χ1) is 12.1. The summed E-state index contributed by atoms with van der Waals surface area (Å²) in [6, 6.07) is 11.5. The highest BCUT2D eigenvalue weighted by Crippen LogP contribution is 2.23. The molecule has 128 valence electrons. The van der Waals surface area contributed by atoms with Gasteiger partial charge >= 0.3 is 0 Å². The number of para-hydroxylation sites is 1. The second-order valence-electron chi connectivity index (χ2n) is 7.11. The van der Waals surface area contributed by atoms with Gasteiger partial charge in [0.2, 0.25) is 0 Å². The molecule has 0 fully saturated rings. The van der Waals surface area contributed by atoms with Gasteiger partial charge in [-0.3, -0.25) is 14.2 Å². The van der Waals surface area contributed by atoms with E-state index in [-0.39, 0.29) is 22.3 Å². The summed E-state index contributed by atoms with van der Waals surface area (Å²) in [6.45, 7) is 4.13. The van der Waals surface area contributed by atoms with Crippen LogP contribution in [0.5, 0.6) is 0 Å². The molecule has 2 heterocycles. The Kier molecular flexibility index (Phi) is 3.83. The number of H-pyrrole nitrogens is 1. The first-order valence-corrected chi connectivity index (χ1v) is 8.97. The smallest absolute Gasteiger partial charge is 0.268 e. The maximum atomic E-state index is 13.3. The average Bonchev–Trinajstić information content (AvgIpc) is 2.62. The van der Waals surface area contributed by atoms with E-state index in [4.69, 9.17) is 0 Å². The number of nitrogens with one attached hydrogen (secondary N) is 1. The molecule has 0 atom stereocenters. The van der Waals surface area contributed by atoms with Gasteiger partial charge in [-0.1, -0.05) is 32.0 Å². The van der Waals surface area contributed by atoms with Gasteiger partial charge < -0.3 is 4.98 Å². The summed E-state index contributed by atoms with van der Waals surface area (Å²) in [6.07, 6.45) is 3.75. The Morgan fingerprint density at radius 2 is 1.76 bits per heavy atom. The first kappa shape index (κ1) is 15.9. The van der Waals surface area contributed by atoms with Crippen molar-refractivity contribution in [3.8, 4) is 5.69 Å². The van der Waals surface area contributed by atoms with Crippen molar-refractivity contribution >= 4 is 10.9 Å². The maximum absolute atomic E-state index is 13.3. The quantitative estimate of drug-likeness (QED) is 0.777. The molecule has 0 radical (unpaired) electrons. The van der Waals surface area contributed by atoms with E-state index < -0.39 is 0 Å². The topological polar surface area (TPSA) is 54.9 Å². The molecule has 0 aliphatic heterocycles. The Labute approximate surface area is 146 Å². The van der Waals surface area contributed by atoms with E-state index in [0.29, 0.717) is 5.52 Å². The van der Waals surface area contributed by atoms with Gasteiger partial charge in [0.25, 0.3) is 5.56 Å². The third-order valence-corrected chi connectivity index (χ3v) is 5.10. The van der Waals surface area contributed by atoms with Gasteiger partial charge in [0.1, 0.15) is 5.39 Å². The lowest BCUT2D eigenvalue weighted by molar-refractivity contribution is 0.667. The van der Waals surface area contributed by atoms with Crippen molar-refractivity contribution in [1.82, 2.24) is 9.55 Å². The zero-order valence-corrected chi connectivity index (χ0v) is 14.6. The Morgan fingerprint density at radius 3 is 2.48 bits per heavy atom. The van der Waals surface area contributed by atoms with Gasteiger partial charge in [0.05, 0.1) is 5.52 Å². The fourth-order valence-corrected chi connectivity index (χ4v) is 3.82. The largest absolute Gasteiger partial charge is 0.358 e. The van der Waals surface area contributed by atoms with Crippen LogP contribution in [0.15, 0.2) is 46.0 Å². The van der Waals surface area contributed by atoms with Gasteiger partial charge in [-0.2, -0.15) is 0 Å². The van der Waals surface area contributed by atoms with Crippen molar-refractivity contribution in [1.29, 1.82) is 0 Å². The van der Waals surface area contributed by atoms with E-state index in [1.807, 2.05) is 36.4 Å². The number of aromatic amines is 1. The van der Waals surface area contributed by atoms with E-state index in [0.717, 1.165) is 48.3 Å². The van der Waals surface area contributed by atoms with Crippen LogP contribution in [0.2, 0.25) is 0 Å². The Hall–Kier alpha value is -2.62. The second-order valence-corrected chi connectivity index (χ2v) is 7.11. The molecule has 1 aromatic carbocycles. The van der Waals surface area contributed by atoms with Crippen LogP contribution in [-0.4, -0.2) is 9.55 Å². The van der Waals surface area contributed by atoms with Gasteiger partial charge in [-0.05, 0) is 49.8 Å². The number of hydrogen-bond acceptors (Lipinski definition) is 2. The number of rotatable bonds is 2. The van der Waals surface area contributed by atoms with E-state index in [1.54, 1.807) is 4.57 Å². The van der Waals surface area contributed by atoms with Crippen molar-refractivity contribution in [2.24, 2.45) is 0 Å². The maximum Gasteiger partial charge on any atom is 0.268 e. The van der Waals surface area contributed by atoms with E-state index in [9.17, 15) is 9.59 Å². The summed E-state index contributed by atoms with van der Waals surface area (Å²) in [5.74, 6) is 0.164. The summed E-state index contributed by atoms with van der Waals surface area (Å²) in [5, 5.41) is 0.286. The lowest BCUT2D eigenvalue weighted by atomic mass is 9.94. The normalized spacial score (nSPS) is 14.0. The van der Waals surface area contributed by atoms with Crippen LogP contribution in [0.25, 0.3) is 16.6 Å². The molecular weight excluding hydrogens is 312 g/mol. The number of nitrogens with zero attached hydrogens (tertiary/aromatic N) is 1. The van der Waals surface area contributed by atoms with Crippen LogP contribution in [0, 0.1) is 0 Å². The van der Waals surface area contributed by atoms with Crippen molar-refractivity contribution in [2.75, 3.05) is 0 Å². The Balaban J connectivity index is 2.14. The molecule has 0 saturated carbocycles. The molecule has 4 heteroatoms. The number of benzene rings is 1. The van der Waals surface area contributed by atoms with Crippen LogP contribution >= 0.6 is 0 Å². The molecule has 1 N–H and O–H groups in total. The van der Waals surface area contributed by atoms with Crippen LogP contribution in [0.4, 0.5) is 0 Å². The molecule has 25 heavy (non-hydrogen) atoms. The molecular formula is C21H22N2O2. The lowest BCUT2D eigenvalue weighted by Gasteiger charge is -2.20. The molecule has 3 aromatic rings. The lowest BCUT2D eigenvalue weighted by Crippen LogP contribution is -2.30. The minimum atomic E-state index is -0.220. The molecule has 0 spiro atoms.